The van der Waals surface area contributed by atoms with Crippen LogP contribution in [0.3, 0.4) is 0 Å². The molecule has 1 amide bonds. The molecule has 0 bridgehead atoms. The van der Waals surface area contributed by atoms with E-state index in [1.165, 1.54) is 7.11 Å². The molecule has 0 aromatic heterocycles. The van der Waals surface area contributed by atoms with Crippen molar-refractivity contribution in [2.45, 2.75) is 76.0 Å². The first-order valence-corrected chi connectivity index (χ1v) is 15.8. The van der Waals surface area contributed by atoms with Crippen LogP contribution in [0.5, 0.6) is 0 Å². The maximum absolute atomic E-state index is 13.8. The Morgan fingerprint density at radius 3 is 2.00 bits per heavy atom. The number of aliphatic hydroxyl groups excluding tert-OH is 1. The molecule has 0 unspecified atom stereocenters. The molecule has 1 aliphatic heterocycles. The fraction of sp³-hybridized carbons (Fsp3) is 0.533. The van der Waals surface area contributed by atoms with Gasteiger partial charge in [0.1, 0.15) is 22.7 Å². The van der Waals surface area contributed by atoms with Crippen molar-refractivity contribution in [1.29, 1.82) is 0 Å². The molecule has 2 aliphatic rings. The number of hydrogen-bond acceptors (Lipinski definition) is 8. The van der Waals surface area contributed by atoms with E-state index >= 15 is 0 Å². The van der Waals surface area contributed by atoms with Gasteiger partial charge >= 0.3 is 12.1 Å². The topological polar surface area (TPSA) is 155 Å². The summed E-state index contributed by atoms with van der Waals surface area (Å²) >= 11 is 0. The Kier molecular flexibility index (Phi) is 8.52. The molecule has 2 aromatic carbocycles. The lowest BCUT2D eigenvalue weighted by atomic mass is 9.80. The normalized spacial score (nSPS) is 27.2. The van der Waals surface area contributed by atoms with Gasteiger partial charge in [0.05, 0.1) is 32.4 Å². The first-order chi connectivity index (χ1) is 19.7. The van der Waals surface area contributed by atoms with Crippen molar-refractivity contribution < 1.29 is 33.3 Å². The average molecular weight is 597 g/mol. The van der Waals surface area contributed by atoms with Gasteiger partial charge in [-0.15, -0.1) is 0 Å². The van der Waals surface area contributed by atoms with E-state index in [1.54, 1.807) is 20.8 Å². The third kappa shape index (κ3) is 5.29. The van der Waals surface area contributed by atoms with Crippen LogP contribution in [0.15, 0.2) is 65.8 Å². The van der Waals surface area contributed by atoms with Crippen molar-refractivity contribution in [3.8, 4) is 0 Å². The summed E-state index contributed by atoms with van der Waals surface area (Å²) < 4.78 is 23.5. The summed E-state index contributed by atoms with van der Waals surface area (Å²) in [7, 11) is -2.03. The summed E-state index contributed by atoms with van der Waals surface area (Å²) in [4.78, 5) is 29.7. The molecule has 1 aliphatic carbocycles. The largest absolute Gasteiger partial charge is 0.468 e. The number of nitrogens with one attached hydrogen (secondary N) is 1. The lowest BCUT2D eigenvalue weighted by Gasteiger charge is -2.45. The predicted molar refractivity (Wildman–Crippen MR) is 159 cm³/mol. The van der Waals surface area contributed by atoms with Crippen LogP contribution >= 0.6 is 0 Å². The lowest BCUT2D eigenvalue weighted by molar-refractivity contribution is -0.164. The molecule has 226 valence electrons. The van der Waals surface area contributed by atoms with Gasteiger partial charge in [0, 0.05) is 4.91 Å². The monoisotopic (exact) mass is 596 g/mol. The number of esters is 1. The maximum Gasteiger partial charge on any atom is 0.407 e. The molecule has 2 aromatic rings. The zero-order valence-electron chi connectivity index (χ0n) is 25.2. The molecule has 12 heteroatoms. The first kappa shape index (κ1) is 31.5. The fourth-order valence-electron chi connectivity index (χ4n) is 6.25. The second-order valence-corrected chi connectivity index (χ2v) is 17.2. The average Bonchev–Trinajstić information content (AvgIpc) is 3.71. The van der Waals surface area contributed by atoms with Crippen LogP contribution < -0.4 is 15.7 Å². The molecule has 4 rings (SSSR count). The van der Waals surface area contributed by atoms with Gasteiger partial charge in [-0.2, -0.15) is 0 Å². The highest BCUT2D eigenvalue weighted by molar-refractivity contribution is 6.99. The fourth-order valence-corrected chi connectivity index (χ4v) is 10.9. The molecule has 1 heterocycles. The van der Waals surface area contributed by atoms with Crippen molar-refractivity contribution in [2.24, 2.45) is 10.5 Å². The molecule has 1 saturated heterocycles. The van der Waals surface area contributed by atoms with Gasteiger partial charge in [-0.05, 0) is 41.7 Å². The third-order valence-corrected chi connectivity index (χ3v) is 13.1. The minimum absolute atomic E-state index is 0.0179. The summed E-state index contributed by atoms with van der Waals surface area (Å²) in [6.07, 6.45) is -2.34. The minimum Gasteiger partial charge on any atom is -0.468 e. The SMILES string of the molecule is COC(=O)[C@]1(CO[Si](c2ccccc2)(c2ccccc2)C(C)(C)C)[C@H](O)[C@@]2(CO2)[C@@H](NC(=O)OC(C)(C)C)[C@@H]1N=[N+]=[N-]. The van der Waals surface area contributed by atoms with E-state index in [0.29, 0.717) is 0 Å². The second-order valence-electron chi connectivity index (χ2n) is 12.9. The summed E-state index contributed by atoms with van der Waals surface area (Å²) in [5, 5.41) is 20.1. The number of azide groups is 1. The third-order valence-electron chi connectivity index (χ3n) is 8.16. The lowest BCUT2D eigenvalue weighted by Crippen LogP contribution is -2.68. The van der Waals surface area contributed by atoms with E-state index < -0.39 is 60.2 Å². The molecule has 5 atom stereocenters. The van der Waals surface area contributed by atoms with Crippen molar-refractivity contribution in [2.75, 3.05) is 20.3 Å². The van der Waals surface area contributed by atoms with E-state index in [2.05, 4.69) is 36.1 Å². The Morgan fingerprint density at radius 1 is 1.07 bits per heavy atom. The Labute approximate surface area is 247 Å². The van der Waals surface area contributed by atoms with Crippen LogP contribution in [-0.4, -0.2) is 75.2 Å². The number of rotatable bonds is 8. The number of carbonyl (C=O) groups excluding carboxylic acids is 2. The molecule has 0 radical (unpaired) electrons. The number of methoxy groups -OCH3 is 1. The quantitative estimate of drug-likeness (QED) is 0.118. The summed E-state index contributed by atoms with van der Waals surface area (Å²) in [5.41, 5.74) is 5.51. The molecule has 1 saturated carbocycles. The zero-order valence-corrected chi connectivity index (χ0v) is 26.2. The van der Waals surface area contributed by atoms with E-state index in [0.717, 1.165) is 10.4 Å². The number of ether oxygens (including phenoxy) is 3. The number of benzene rings is 2. The van der Waals surface area contributed by atoms with Crippen LogP contribution in [0.2, 0.25) is 5.04 Å². The second kappa shape index (κ2) is 11.3. The van der Waals surface area contributed by atoms with Crippen molar-refractivity contribution in [3.63, 3.8) is 0 Å². The number of amides is 1. The van der Waals surface area contributed by atoms with E-state index in [9.17, 15) is 20.2 Å². The van der Waals surface area contributed by atoms with Gasteiger partial charge in [0.15, 0.2) is 0 Å². The Balaban J connectivity index is 1.87. The van der Waals surface area contributed by atoms with Crippen LogP contribution in [-0.2, 0) is 23.4 Å². The Bertz CT molecular complexity index is 1300. The van der Waals surface area contributed by atoms with Crippen molar-refractivity contribution in [1.82, 2.24) is 5.32 Å². The molecular formula is C30H40N4O7Si. The maximum atomic E-state index is 13.8. The Morgan fingerprint density at radius 2 is 1.60 bits per heavy atom. The number of epoxide rings is 1. The van der Waals surface area contributed by atoms with E-state index in [4.69, 9.17) is 18.6 Å². The number of carbonyl (C=O) groups is 2. The number of aliphatic hydroxyl groups is 1. The van der Waals surface area contributed by atoms with E-state index in [1.807, 2.05) is 60.7 Å². The van der Waals surface area contributed by atoms with Gasteiger partial charge in [-0.25, -0.2) is 4.79 Å². The smallest absolute Gasteiger partial charge is 0.407 e. The predicted octanol–water partition coefficient (Wildman–Crippen LogP) is 3.44. The van der Waals surface area contributed by atoms with Gasteiger partial charge < -0.3 is 29.1 Å². The number of hydrogen-bond donors (Lipinski definition) is 2. The number of nitrogens with zero attached hydrogens (tertiary/aromatic N) is 3. The molecular weight excluding hydrogens is 556 g/mol. The van der Waals surface area contributed by atoms with Gasteiger partial charge in [0.2, 0.25) is 0 Å². The standard InChI is InChI=1S/C30H40N4O7Si/c1-27(2,3)41-26(37)32-23-22(33-34-31)29(25(36)38-7,24(35)30(23)19-39-30)18-40-42(28(4,5)6,20-14-10-8-11-15-20)21-16-12-9-13-17-21/h8-17,22-24,35H,18-19H2,1-7H3,(H,32,37)/t22-,23-,24-,29-,30+/m0/s1. The minimum atomic E-state index is -3.22. The highest BCUT2D eigenvalue weighted by Crippen LogP contribution is 2.56. The zero-order chi connectivity index (χ0) is 31.0. The molecule has 1 spiro atoms. The highest BCUT2D eigenvalue weighted by atomic mass is 28.4. The van der Waals surface area contributed by atoms with Gasteiger partial charge in [-0.3, -0.25) is 4.79 Å². The van der Waals surface area contributed by atoms with E-state index in [-0.39, 0.29) is 13.2 Å². The van der Waals surface area contributed by atoms with Crippen LogP contribution in [0.25, 0.3) is 10.4 Å². The van der Waals surface area contributed by atoms with Crippen LogP contribution in [0, 0.1) is 5.41 Å². The van der Waals surface area contributed by atoms with Gasteiger partial charge in [-0.1, -0.05) is 86.5 Å². The van der Waals surface area contributed by atoms with Crippen LogP contribution in [0.1, 0.15) is 41.5 Å². The summed E-state index contributed by atoms with van der Waals surface area (Å²) in [5.74, 6) is -0.839. The molecule has 2 fully saturated rings. The van der Waals surface area contributed by atoms with Crippen LogP contribution in [0.4, 0.5) is 4.79 Å². The summed E-state index contributed by atoms with van der Waals surface area (Å²) in [6.45, 7) is 11.0. The Hall–Kier alpha value is -3.41. The summed E-state index contributed by atoms with van der Waals surface area (Å²) in [6, 6.07) is 17.2. The molecule has 2 N–H and O–H groups in total. The number of alkyl carbamates (subject to hydrolysis) is 1. The first-order valence-electron chi connectivity index (χ1n) is 13.9. The molecule has 42 heavy (non-hydrogen) atoms. The molecule has 11 nitrogen and oxygen atoms in total. The van der Waals surface area contributed by atoms with Crippen molar-refractivity contribution >= 4 is 30.8 Å². The van der Waals surface area contributed by atoms with Crippen molar-refractivity contribution in [3.05, 3.63) is 71.1 Å². The highest BCUT2D eigenvalue weighted by Gasteiger charge is 2.78. The van der Waals surface area contributed by atoms with Gasteiger partial charge in [0.25, 0.3) is 8.32 Å².